The summed E-state index contributed by atoms with van der Waals surface area (Å²) in [6, 6.07) is 3.32. The predicted octanol–water partition coefficient (Wildman–Crippen LogP) is 1.81. The van der Waals surface area contributed by atoms with Crippen molar-refractivity contribution in [1.82, 2.24) is 15.8 Å². The van der Waals surface area contributed by atoms with E-state index in [-0.39, 0.29) is 11.8 Å². The molecular weight excluding hydrogens is 242 g/mol. The lowest BCUT2D eigenvalue weighted by atomic mass is 10.0. The number of hydrazine groups is 1. The van der Waals surface area contributed by atoms with Crippen molar-refractivity contribution < 1.29 is 9.59 Å². The molecule has 19 heavy (non-hydrogen) atoms. The fraction of sp³-hybridized carbons (Fsp3) is 0.500. The van der Waals surface area contributed by atoms with Gasteiger partial charge in [0.2, 0.25) is 5.91 Å². The molecule has 0 atom stereocenters. The highest BCUT2D eigenvalue weighted by Crippen LogP contribution is 2.28. The molecule has 0 aliphatic heterocycles. The number of hydrogen-bond acceptors (Lipinski definition) is 3. The standard InChI is InChI=1S/C14H19N3O2/c18-13(8-7-11-4-1-2-5-11)16-17-14(19)12-6-3-9-15-10-12/h3,6,9-11H,1-2,4-5,7-8H2,(H,16,18)(H,17,19). The van der Waals surface area contributed by atoms with E-state index in [1.54, 1.807) is 18.3 Å². The van der Waals surface area contributed by atoms with Gasteiger partial charge in [0.1, 0.15) is 0 Å². The van der Waals surface area contributed by atoms with E-state index in [0.717, 1.165) is 6.42 Å². The SMILES string of the molecule is O=C(CCC1CCCC1)NNC(=O)c1cccnc1. The maximum absolute atomic E-state index is 11.6. The summed E-state index contributed by atoms with van der Waals surface area (Å²) in [7, 11) is 0. The second-order valence-corrected chi connectivity index (χ2v) is 4.93. The van der Waals surface area contributed by atoms with Crippen molar-refractivity contribution in [2.75, 3.05) is 0 Å². The number of rotatable bonds is 4. The number of aromatic nitrogens is 1. The van der Waals surface area contributed by atoms with Gasteiger partial charge in [0.05, 0.1) is 5.56 Å². The Morgan fingerprint density at radius 3 is 2.74 bits per heavy atom. The van der Waals surface area contributed by atoms with Gasteiger partial charge >= 0.3 is 0 Å². The van der Waals surface area contributed by atoms with Gasteiger partial charge in [0.15, 0.2) is 0 Å². The summed E-state index contributed by atoms with van der Waals surface area (Å²) >= 11 is 0. The highest BCUT2D eigenvalue weighted by Gasteiger charge is 2.16. The van der Waals surface area contributed by atoms with E-state index in [4.69, 9.17) is 0 Å². The van der Waals surface area contributed by atoms with E-state index < -0.39 is 0 Å². The van der Waals surface area contributed by atoms with Crippen LogP contribution < -0.4 is 10.9 Å². The number of pyridine rings is 1. The molecule has 1 aromatic heterocycles. The maximum Gasteiger partial charge on any atom is 0.271 e. The lowest BCUT2D eigenvalue weighted by molar-refractivity contribution is -0.122. The summed E-state index contributed by atoms with van der Waals surface area (Å²) in [6.45, 7) is 0. The van der Waals surface area contributed by atoms with Crippen LogP contribution >= 0.6 is 0 Å². The van der Waals surface area contributed by atoms with E-state index in [1.807, 2.05) is 0 Å². The van der Waals surface area contributed by atoms with Crippen LogP contribution in [0.2, 0.25) is 0 Å². The molecule has 102 valence electrons. The van der Waals surface area contributed by atoms with Gasteiger partial charge in [-0.15, -0.1) is 0 Å². The van der Waals surface area contributed by atoms with Crippen molar-refractivity contribution in [2.45, 2.75) is 38.5 Å². The minimum absolute atomic E-state index is 0.135. The molecular formula is C14H19N3O2. The Morgan fingerprint density at radius 2 is 2.05 bits per heavy atom. The number of carbonyl (C=O) groups excluding carboxylic acids is 2. The topological polar surface area (TPSA) is 71.1 Å². The molecule has 1 saturated carbocycles. The third-order valence-electron chi connectivity index (χ3n) is 3.49. The summed E-state index contributed by atoms with van der Waals surface area (Å²) < 4.78 is 0. The van der Waals surface area contributed by atoms with E-state index in [9.17, 15) is 9.59 Å². The van der Waals surface area contributed by atoms with Gasteiger partial charge in [-0.25, -0.2) is 0 Å². The molecule has 1 aliphatic rings. The monoisotopic (exact) mass is 261 g/mol. The van der Waals surface area contributed by atoms with Crippen LogP contribution in [0.1, 0.15) is 48.9 Å². The molecule has 0 aromatic carbocycles. The van der Waals surface area contributed by atoms with Gasteiger partial charge in [0, 0.05) is 18.8 Å². The van der Waals surface area contributed by atoms with Crippen LogP contribution in [0.15, 0.2) is 24.5 Å². The highest BCUT2D eigenvalue weighted by molar-refractivity contribution is 5.94. The average Bonchev–Trinajstić information content (AvgIpc) is 2.96. The number of nitrogens with zero attached hydrogens (tertiary/aromatic N) is 1. The quantitative estimate of drug-likeness (QED) is 0.812. The first kappa shape index (κ1) is 13.5. The van der Waals surface area contributed by atoms with E-state index >= 15 is 0 Å². The molecule has 1 aliphatic carbocycles. The smallest absolute Gasteiger partial charge is 0.271 e. The molecule has 0 saturated heterocycles. The molecule has 1 fully saturated rings. The molecule has 0 spiro atoms. The molecule has 2 rings (SSSR count). The highest BCUT2D eigenvalue weighted by atomic mass is 16.2. The molecule has 0 radical (unpaired) electrons. The molecule has 2 N–H and O–H groups in total. The number of carbonyl (C=O) groups is 2. The van der Waals surface area contributed by atoms with E-state index in [2.05, 4.69) is 15.8 Å². The fourth-order valence-electron chi connectivity index (χ4n) is 2.39. The normalized spacial score (nSPS) is 15.2. The van der Waals surface area contributed by atoms with Gasteiger partial charge in [-0.2, -0.15) is 0 Å². The van der Waals surface area contributed by atoms with E-state index in [1.165, 1.54) is 31.9 Å². The summed E-state index contributed by atoms with van der Waals surface area (Å²) in [5.41, 5.74) is 5.26. The number of amides is 2. The molecule has 2 amide bonds. The van der Waals surface area contributed by atoms with Crippen LogP contribution in [0.4, 0.5) is 0 Å². The third-order valence-corrected chi connectivity index (χ3v) is 3.49. The maximum atomic E-state index is 11.6. The molecule has 1 aromatic rings. The Balaban J connectivity index is 1.67. The molecule has 5 heteroatoms. The second kappa shape index (κ2) is 6.87. The summed E-state index contributed by atoms with van der Waals surface area (Å²) in [5, 5.41) is 0. The van der Waals surface area contributed by atoms with Crippen LogP contribution in [-0.2, 0) is 4.79 Å². The van der Waals surface area contributed by atoms with Crippen molar-refractivity contribution in [1.29, 1.82) is 0 Å². The van der Waals surface area contributed by atoms with Crippen LogP contribution in [0, 0.1) is 5.92 Å². The Hall–Kier alpha value is -1.91. The fourth-order valence-corrected chi connectivity index (χ4v) is 2.39. The lowest BCUT2D eigenvalue weighted by Gasteiger charge is -2.09. The lowest BCUT2D eigenvalue weighted by Crippen LogP contribution is -2.41. The Bertz CT molecular complexity index is 428. The van der Waals surface area contributed by atoms with Crippen LogP contribution in [0.3, 0.4) is 0 Å². The van der Waals surface area contributed by atoms with E-state index in [0.29, 0.717) is 17.9 Å². The van der Waals surface area contributed by atoms with Gasteiger partial charge in [-0.05, 0) is 24.5 Å². The van der Waals surface area contributed by atoms with Gasteiger partial charge in [0.25, 0.3) is 5.91 Å². The number of nitrogens with one attached hydrogen (secondary N) is 2. The second-order valence-electron chi connectivity index (χ2n) is 4.93. The van der Waals surface area contributed by atoms with Crippen molar-refractivity contribution >= 4 is 11.8 Å². The van der Waals surface area contributed by atoms with Crippen LogP contribution in [-0.4, -0.2) is 16.8 Å². The predicted molar refractivity (Wildman–Crippen MR) is 71.0 cm³/mol. The zero-order valence-electron chi connectivity index (χ0n) is 10.9. The minimum Gasteiger partial charge on any atom is -0.273 e. The zero-order chi connectivity index (χ0) is 13.5. The molecule has 5 nitrogen and oxygen atoms in total. The van der Waals surface area contributed by atoms with Crippen molar-refractivity contribution in [3.05, 3.63) is 30.1 Å². The minimum atomic E-state index is -0.345. The summed E-state index contributed by atoms with van der Waals surface area (Å²) in [6.07, 6.45) is 9.46. The van der Waals surface area contributed by atoms with Gasteiger partial charge in [-0.3, -0.25) is 25.4 Å². The van der Waals surface area contributed by atoms with Crippen molar-refractivity contribution in [3.63, 3.8) is 0 Å². The Kier molecular flexibility index (Phi) is 4.89. The molecule has 0 bridgehead atoms. The average molecular weight is 261 g/mol. The van der Waals surface area contributed by atoms with Crippen molar-refractivity contribution in [2.24, 2.45) is 5.92 Å². The Labute approximate surface area is 112 Å². The van der Waals surface area contributed by atoms with Crippen molar-refractivity contribution in [3.8, 4) is 0 Å². The Morgan fingerprint density at radius 1 is 1.26 bits per heavy atom. The summed E-state index contributed by atoms with van der Waals surface area (Å²) in [4.78, 5) is 27.1. The number of hydrogen-bond donors (Lipinski definition) is 2. The zero-order valence-corrected chi connectivity index (χ0v) is 10.9. The first-order valence-electron chi connectivity index (χ1n) is 6.75. The largest absolute Gasteiger partial charge is 0.273 e. The molecule has 0 unspecified atom stereocenters. The van der Waals surface area contributed by atoms with Gasteiger partial charge in [-0.1, -0.05) is 25.7 Å². The summed E-state index contributed by atoms with van der Waals surface area (Å²) in [5.74, 6) is 0.200. The van der Waals surface area contributed by atoms with Crippen LogP contribution in [0.5, 0.6) is 0 Å². The van der Waals surface area contributed by atoms with Crippen LogP contribution in [0.25, 0.3) is 0 Å². The first-order valence-corrected chi connectivity index (χ1v) is 6.75. The van der Waals surface area contributed by atoms with Gasteiger partial charge < -0.3 is 0 Å². The first-order chi connectivity index (χ1) is 9.25. The third kappa shape index (κ3) is 4.35. The molecule has 1 heterocycles.